The zero-order valence-corrected chi connectivity index (χ0v) is 15.7. The number of benzene rings is 2. The third kappa shape index (κ3) is 2.72. The van der Waals surface area contributed by atoms with Gasteiger partial charge in [-0.15, -0.1) is 0 Å². The van der Waals surface area contributed by atoms with E-state index in [-0.39, 0.29) is 19.0 Å². The van der Waals surface area contributed by atoms with E-state index in [1.54, 1.807) is 14.2 Å². The van der Waals surface area contributed by atoms with Crippen LogP contribution in [0.25, 0.3) is 0 Å². The largest absolute Gasteiger partial charge is 0.493 e. The van der Waals surface area contributed by atoms with Crippen molar-refractivity contribution in [3.8, 4) is 23.0 Å². The second-order valence-corrected chi connectivity index (χ2v) is 7.39. The molecule has 5 heteroatoms. The quantitative estimate of drug-likeness (QED) is 0.794. The standard InChI is InChI=1S/C22H24O5/c1-23-19-10-15-14-5-3-4-6-17(14)27-22(16(15)11-20(19)24-2)13-7-8-18-21(9-13)26-12-25-18/h7-11,14,17,22H,3-6,12H2,1-2H3/t14-,17+,22+/m1/s1. The molecule has 3 aliphatic rings. The maximum atomic E-state index is 6.64. The molecule has 1 aliphatic carbocycles. The van der Waals surface area contributed by atoms with Crippen LogP contribution in [-0.4, -0.2) is 27.1 Å². The lowest BCUT2D eigenvalue weighted by Crippen LogP contribution is -2.33. The normalized spacial score (nSPS) is 25.5. The van der Waals surface area contributed by atoms with E-state index in [1.165, 1.54) is 18.4 Å². The fourth-order valence-electron chi connectivity index (χ4n) is 4.66. The van der Waals surface area contributed by atoms with E-state index in [4.69, 9.17) is 23.7 Å². The van der Waals surface area contributed by atoms with E-state index in [1.807, 2.05) is 12.1 Å². The van der Waals surface area contributed by atoms with Gasteiger partial charge in [-0.25, -0.2) is 0 Å². The molecule has 5 nitrogen and oxygen atoms in total. The van der Waals surface area contributed by atoms with Crippen LogP contribution in [0.5, 0.6) is 23.0 Å². The Morgan fingerprint density at radius 1 is 0.852 bits per heavy atom. The summed E-state index contributed by atoms with van der Waals surface area (Å²) in [6.45, 7) is 0.274. The molecule has 0 aromatic heterocycles. The van der Waals surface area contributed by atoms with Gasteiger partial charge in [0, 0.05) is 5.92 Å². The summed E-state index contributed by atoms with van der Waals surface area (Å²) in [5.74, 6) is 3.51. The Kier molecular flexibility index (Phi) is 4.12. The molecule has 2 aromatic rings. The molecule has 0 saturated heterocycles. The zero-order valence-electron chi connectivity index (χ0n) is 15.7. The molecule has 3 atom stereocenters. The second kappa shape index (κ2) is 6.64. The lowest BCUT2D eigenvalue weighted by atomic mass is 9.76. The first kappa shape index (κ1) is 16.8. The van der Waals surface area contributed by atoms with Gasteiger partial charge in [0.1, 0.15) is 6.10 Å². The zero-order chi connectivity index (χ0) is 18.4. The lowest BCUT2D eigenvalue weighted by Gasteiger charge is -2.41. The van der Waals surface area contributed by atoms with E-state index in [2.05, 4.69) is 18.2 Å². The first-order valence-electron chi connectivity index (χ1n) is 9.59. The summed E-state index contributed by atoms with van der Waals surface area (Å²) >= 11 is 0. The van der Waals surface area contributed by atoms with Crippen molar-refractivity contribution in [1.29, 1.82) is 0 Å². The highest BCUT2D eigenvalue weighted by molar-refractivity contribution is 5.54. The molecule has 27 heavy (non-hydrogen) atoms. The molecule has 0 unspecified atom stereocenters. The first-order valence-corrected chi connectivity index (χ1v) is 9.59. The van der Waals surface area contributed by atoms with E-state index in [0.29, 0.717) is 5.92 Å². The average molecular weight is 368 g/mol. The topological polar surface area (TPSA) is 46.2 Å². The minimum Gasteiger partial charge on any atom is -0.493 e. The van der Waals surface area contributed by atoms with Crippen molar-refractivity contribution in [2.75, 3.05) is 21.0 Å². The fraction of sp³-hybridized carbons (Fsp3) is 0.455. The smallest absolute Gasteiger partial charge is 0.231 e. The maximum absolute atomic E-state index is 6.64. The molecule has 0 amide bonds. The predicted octanol–water partition coefficient (Wildman–Crippen LogP) is 4.58. The summed E-state index contributed by atoms with van der Waals surface area (Å²) < 4.78 is 28.8. The molecule has 142 valence electrons. The van der Waals surface area contributed by atoms with Gasteiger partial charge in [0.05, 0.1) is 20.3 Å². The minimum atomic E-state index is -0.145. The van der Waals surface area contributed by atoms with Crippen molar-refractivity contribution < 1.29 is 23.7 Å². The van der Waals surface area contributed by atoms with Gasteiger partial charge < -0.3 is 23.7 Å². The van der Waals surface area contributed by atoms with Gasteiger partial charge in [-0.05, 0) is 53.8 Å². The van der Waals surface area contributed by atoms with Crippen molar-refractivity contribution in [2.24, 2.45) is 0 Å². The highest BCUT2D eigenvalue weighted by Crippen LogP contribution is 2.50. The van der Waals surface area contributed by atoms with E-state index in [9.17, 15) is 0 Å². The molecule has 0 spiro atoms. The summed E-state index contributed by atoms with van der Waals surface area (Å²) in [4.78, 5) is 0. The molecular formula is C22H24O5. The van der Waals surface area contributed by atoms with Crippen molar-refractivity contribution >= 4 is 0 Å². The number of hydrogen-bond acceptors (Lipinski definition) is 5. The molecule has 0 N–H and O–H groups in total. The Morgan fingerprint density at radius 2 is 1.59 bits per heavy atom. The van der Waals surface area contributed by atoms with Gasteiger partial charge in [0.25, 0.3) is 0 Å². The van der Waals surface area contributed by atoms with Crippen LogP contribution in [-0.2, 0) is 4.74 Å². The van der Waals surface area contributed by atoms with Crippen molar-refractivity contribution in [1.82, 2.24) is 0 Å². The highest BCUT2D eigenvalue weighted by Gasteiger charge is 2.39. The summed E-state index contributed by atoms with van der Waals surface area (Å²) in [7, 11) is 3.37. The number of fused-ring (bicyclic) bond motifs is 4. The highest BCUT2D eigenvalue weighted by atomic mass is 16.7. The van der Waals surface area contributed by atoms with E-state index in [0.717, 1.165) is 47.0 Å². The molecule has 2 aliphatic heterocycles. The van der Waals surface area contributed by atoms with Gasteiger partial charge in [-0.2, -0.15) is 0 Å². The minimum absolute atomic E-state index is 0.145. The third-order valence-corrected chi connectivity index (χ3v) is 5.98. The Labute approximate surface area is 159 Å². The van der Waals surface area contributed by atoms with Crippen LogP contribution in [0.2, 0.25) is 0 Å². The second-order valence-electron chi connectivity index (χ2n) is 7.39. The van der Waals surface area contributed by atoms with Crippen LogP contribution in [0.4, 0.5) is 0 Å². The Bertz CT molecular complexity index is 862. The van der Waals surface area contributed by atoms with Gasteiger partial charge in [-0.3, -0.25) is 0 Å². The molecule has 5 rings (SSSR count). The molecule has 0 bridgehead atoms. The van der Waals surface area contributed by atoms with Crippen molar-refractivity contribution in [3.63, 3.8) is 0 Å². The summed E-state index contributed by atoms with van der Waals surface area (Å²) in [6, 6.07) is 10.3. The fourth-order valence-corrected chi connectivity index (χ4v) is 4.66. The third-order valence-electron chi connectivity index (χ3n) is 5.98. The molecule has 1 saturated carbocycles. The van der Waals surface area contributed by atoms with Gasteiger partial charge in [-0.1, -0.05) is 18.9 Å². The van der Waals surface area contributed by atoms with Gasteiger partial charge >= 0.3 is 0 Å². The van der Waals surface area contributed by atoms with Crippen LogP contribution in [0.3, 0.4) is 0 Å². The van der Waals surface area contributed by atoms with Crippen LogP contribution in [0, 0.1) is 0 Å². The average Bonchev–Trinajstić information content (AvgIpc) is 3.20. The Hall–Kier alpha value is -2.40. The number of ether oxygens (including phenoxy) is 5. The summed E-state index contributed by atoms with van der Waals surface area (Å²) in [5, 5.41) is 0. The number of methoxy groups -OCH3 is 2. The van der Waals surface area contributed by atoms with Crippen molar-refractivity contribution in [2.45, 2.75) is 43.8 Å². The number of rotatable bonds is 3. The maximum Gasteiger partial charge on any atom is 0.231 e. The van der Waals surface area contributed by atoms with Crippen LogP contribution in [0.15, 0.2) is 30.3 Å². The number of hydrogen-bond donors (Lipinski definition) is 0. The SMILES string of the molecule is COc1cc2c(cc1OC)[C@H]1CCCC[C@@H]1O[C@H]2c1ccc2c(c1)OCO2. The monoisotopic (exact) mass is 368 g/mol. The molecular weight excluding hydrogens is 344 g/mol. The Morgan fingerprint density at radius 3 is 2.41 bits per heavy atom. The van der Waals surface area contributed by atoms with Gasteiger partial charge in [0.2, 0.25) is 6.79 Å². The van der Waals surface area contributed by atoms with Gasteiger partial charge in [0.15, 0.2) is 23.0 Å². The molecule has 1 fully saturated rings. The van der Waals surface area contributed by atoms with Crippen LogP contribution in [0.1, 0.15) is 54.4 Å². The van der Waals surface area contributed by atoms with E-state index >= 15 is 0 Å². The molecule has 0 radical (unpaired) electrons. The Balaban J connectivity index is 1.64. The van der Waals surface area contributed by atoms with Crippen molar-refractivity contribution in [3.05, 3.63) is 47.0 Å². The summed E-state index contributed by atoms with van der Waals surface area (Å²) in [6.07, 6.45) is 4.80. The van der Waals surface area contributed by atoms with Crippen LogP contribution >= 0.6 is 0 Å². The summed E-state index contributed by atoms with van der Waals surface area (Å²) in [5.41, 5.74) is 3.57. The van der Waals surface area contributed by atoms with Crippen LogP contribution < -0.4 is 18.9 Å². The first-order chi connectivity index (χ1) is 13.3. The lowest BCUT2D eigenvalue weighted by molar-refractivity contribution is -0.0391. The molecule has 2 aromatic carbocycles. The predicted molar refractivity (Wildman–Crippen MR) is 100 cm³/mol. The van der Waals surface area contributed by atoms with E-state index < -0.39 is 0 Å². The molecule has 2 heterocycles.